The molecule has 0 unspecified atom stereocenters. The summed E-state index contributed by atoms with van der Waals surface area (Å²) in [6, 6.07) is 3.99. The zero-order valence-corrected chi connectivity index (χ0v) is 21.1. The molecule has 3 aliphatic rings. The van der Waals surface area contributed by atoms with Gasteiger partial charge in [-0.1, -0.05) is 47.6 Å². The summed E-state index contributed by atoms with van der Waals surface area (Å²) in [6.07, 6.45) is -1.39. The zero-order chi connectivity index (χ0) is 26.1. The molecule has 0 amide bonds. The van der Waals surface area contributed by atoms with E-state index in [1.807, 2.05) is 0 Å². The van der Waals surface area contributed by atoms with Gasteiger partial charge in [0.2, 0.25) is 5.66 Å². The van der Waals surface area contributed by atoms with E-state index in [0.717, 1.165) is 11.1 Å². The van der Waals surface area contributed by atoms with Crippen LogP contribution < -0.4 is 22.1 Å². The number of esters is 1. The van der Waals surface area contributed by atoms with Crippen molar-refractivity contribution in [1.82, 2.24) is 10.6 Å². The van der Waals surface area contributed by atoms with E-state index in [1.165, 1.54) is 4.58 Å². The number of ether oxygens (including phenoxy) is 1. The van der Waals surface area contributed by atoms with Crippen LogP contribution in [0.1, 0.15) is 63.0 Å². The average molecular weight is 490 g/mol. The molecule has 0 aliphatic carbocycles. The molecular formula is C24H37N6O5+. The highest BCUT2D eigenvalue weighted by atomic mass is 16.6. The Morgan fingerprint density at radius 3 is 2.23 bits per heavy atom. The van der Waals surface area contributed by atoms with Gasteiger partial charge < -0.3 is 31.1 Å². The lowest BCUT2D eigenvalue weighted by molar-refractivity contribution is -0.623. The number of aliphatic imine (C=N–C) groups is 1. The van der Waals surface area contributed by atoms with Crippen molar-refractivity contribution < 1.29 is 29.4 Å². The van der Waals surface area contributed by atoms with Crippen molar-refractivity contribution in [3.63, 3.8) is 0 Å². The number of hydrogen-bond donors (Lipinski definition) is 7. The zero-order valence-electron chi connectivity index (χ0n) is 21.1. The van der Waals surface area contributed by atoms with Gasteiger partial charge in [-0.25, -0.2) is 14.4 Å². The molecule has 3 aliphatic heterocycles. The second kappa shape index (κ2) is 7.81. The molecule has 4 rings (SSSR count). The summed E-state index contributed by atoms with van der Waals surface area (Å²) in [5.41, 5.74) is 12.2. The summed E-state index contributed by atoms with van der Waals surface area (Å²) in [5, 5.41) is 38.4. The fourth-order valence-corrected chi connectivity index (χ4v) is 5.05. The minimum atomic E-state index is -2.63. The Kier molecular flexibility index (Phi) is 5.62. The standard InChI is InChI=1S/C24H36N6O5/c1-21(2,3)13-7-12(8-14(9-13)22(4,5)6)18(32)35-16-10-30-20(26)27-15(11-31)17-23(30,24(16,33)34)29-19(25)28-17/h7-9,15-17,31,33-34H,10-11H2,1-6H3,(H5,25,26,27,28,29)/p+1/t15-,16-,17-,23-/m0/s1. The van der Waals surface area contributed by atoms with Gasteiger partial charge in [0.25, 0.3) is 5.79 Å². The van der Waals surface area contributed by atoms with Gasteiger partial charge >= 0.3 is 11.9 Å². The van der Waals surface area contributed by atoms with Crippen LogP contribution in [-0.2, 0) is 15.6 Å². The normalized spacial score (nSPS) is 29.6. The van der Waals surface area contributed by atoms with E-state index >= 15 is 0 Å². The number of guanidine groups is 2. The van der Waals surface area contributed by atoms with E-state index in [1.54, 1.807) is 12.1 Å². The van der Waals surface area contributed by atoms with Crippen LogP contribution in [0.2, 0.25) is 0 Å². The second-order valence-corrected chi connectivity index (χ2v) is 11.7. The molecule has 1 aromatic rings. The quantitative estimate of drug-likeness (QED) is 0.156. The third-order valence-electron chi connectivity index (χ3n) is 7.16. The van der Waals surface area contributed by atoms with Gasteiger partial charge in [-0.15, -0.1) is 0 Å². The fraction of sp³-hybridized carbons (Fsp3) is 0.625. The number of nitrogens with zero attached hydrogens (tertiary/aromatic N) is 2. The fourth-order valence-electron chi connectivity index (χ4n) is 5.05. The molecule has 4 atom stereocenters. The molecule has 1 saturated heterocycles. The first kappa shape index (κ1) is 25.2. The van der Waals surface area contributed by atoms with Crippen molar-refractivity contribution in [3.8, 4) is 0 Å². The Balaban J connectivity index is 1.72. The van der Waals surface area contributed by atoms with Crippen LogP contribution >= 0.6 is 0 Å². The smallest absolute Gasteiger partial charge is 0.346 e. The third kappa shape index (κ3) is 3.82. The maximum Gasteiger partial charge on any atom is 0.346 e. The Labute approximate surface area is 204 Å². The molecule has 11 nitrogen and oxygen atoms in total. The van der Waals surface area contributed by atoms with E-state index < -0.39 is 35.6 Å². The predicted octanol–water partition coefficient (Wildman–Crippen LogP) is -1.22. The molecule has 9 N–H and O–H groups in total. The number of nitrogens with one attached hydrogen (secondary N) is 2. The molecule has 0 bridgehead atoms. The molecule has 1 spiro atoms. The first-order valence-corrected chi connectivity index (χ1v) is 11.7. The Morgan fingerprint density at radius 1 is 1.14 bits per heavy atom. The van der Waals surface area contributed by atoms with Crippen LogP contribution in [-0.4, -0.2) is 80.6 Å². The van der Waals surface area contributed by atoms with Gasteiger partial charge in [-0.2, -0.15) is 0 Å². The Morgan fingerprint density at radius 2 is 1.71 bits per heavy atom. The maximum absolute atomic E-state index is 13.4. The SMILES string of the molecule is CC(C)(C)c1cc(C(=O)O[C@H]2C[N+]3=C(N)N[C@@H](CO)[C@@H]4N=C(N)N[C@@]43C2(O)O)cc(C(C)(C)C)c1. The number of aliphatic hydroxyl groups is 3. The molecule has 192 valence electrons. The molecule has 1 aromatic carbocycles. The Bertz CT molecular complexity index is 1080. The Hall–Kier alpha value is -2.89. The molecule has 0 radical (unpaired) electrons. The molecule has 0 saturated carbocycles. The van der Waals surface area contributed by atoms with Gasteiger partial charge in [0, 0.05) is 0 Å². The van der Waals surface area contributed by atoms with Gasteiger partial charge in [-0.3, -0.25) is 11.1 Å². The van der Waals surface area contributed by atoms with E-state index in [0.29, 0.717) is 5.56 Å². The predicted molar refractivity (Wildman–Crippen MR) is 130 cm³/mol. The maximum atomic E-state index is 13.4. The topological polar surface area (TPSA) is 178 Å². The van der Waals surface area contributed by atoms with E-state index in [4.69, 9.17) is 16.2 Å². The van der Waals surface area contributed by atoms with Crippen molar-refractivity contribution in [2.75, 3.05) is 13.2 Å². The van der Waals surface area contributed by atoms with Crippen molar-refractivity contribution >= 4 is 17.9 Å². The van der Waals surface area contributed by atoms with Crippen LogP contribution in [0.5, 0.6) is 0 Å². The number of nitrogens with two attached hydrogens (primary N) is 2. The number of aliphatic hydroxyl groups excluding tert-OH is 1. The van der Waals surface area contributed by atoms with Gasteiger partial charge in [-0.05, 0) is 34.1 Å². The number of hydrogen-bond acceptors (Lipinski definition) is 10. The van der Waals surface area contributed by atoms with Crippen molar-refractivity contribution in [2.24, 2.45) is 16.5 Å². The number of rotatable bonds is 3. The minimum absolute atomic E-state index is 0.0397. The summed E-state index contributed by atoms with van der Waals surface area (Å²) in [5.74, 6) is -3.29. The summed E-state index contributed by atoms with van der Waals surface area (Å²) in [4.78, 5) is 17.6. The van der Waals surface area contributed by atoms with Crippen LogP contribution in [0.4, 0.5) is 0 Å². The van der Waals surface area contributed by atoms with Crippen molar-refractivity contribution in [3.05, 3.63) is 34.9 Å². The summed E-state index contributed by atoms with van der Waals surface area (Å²) >= 11 is 0. The first-order chi connectivity index (χ1) is 16.0. The molecule has 0 aromatic heterocycles. The summed E-state index contributed by atoms with van der Waals surface area (Å²) in [6.45, 7) is 11.8. The molecule has 3 heterocycles. The monoisotopic (exact) mass is 489 g/mol. The minimum Gasteiger partial charge on any atom is -0.449 e. The van der Waals surface area contributed by atoms with Gasteiger partial charge in [0.15, 0.2) is 18.1 Å². The lowest BCUT2D eigenvalue weighted by Gasteiger charge is -2.43. The van der Waals surface area contributed by atoms with Crippen molar-refractivity contribution in [2.45, 2.75) is 82.0 Å². The number of carbonyl (C=O) groups excluding carboxylic acids is 1. The second-order valence-electron chi connectivity index (χ2n) is 11.7. The van der Waals surface area contributed by atoms with Crippen LogP contribution in [0.25, 0.3) is 0 Å². The lowest BCUT2D eigenvalue weighted by Crippen LogP contribution is -2.78. The third-order valence-corrected chi connectivity index (χ3v) is 7.16. The molecule has 1 fully saturated rings. The summed E-state index contributed by atoms with van der Waals surface area (Å²) < 4.78 is 7.17. The lowest BCUT2D eigenvalue weighted by atomic mass is 9.79. The van der Waals surface area contributed by atoms with Crippen LogP contribution in [0.15, 0.2) is 23.2 Å². The molecule has 11 heteroatoms. The van der Waals surface area contributed by atoms with Crippen LogP contribution in [0.3, 0.4) is 0 Å². The molecular weight excluding hydrogens is 452 g/mol. The summed E-state index contributed by atoms with van der Waals surface area (Å²) in [7, 11) is 0. The van der Waals surface area contributed by atoms with E-state index in [-0.39, 0.29) is 35.9 Å². The van der Waals surface area contributed by atoms with Crippen LogP contribution in [0, 0.1) is 0 Å². The van der Waals surface area contributed by atoms with Crippen molar-refractivity contribution in [1.29, 1.82) is 0 Å². The average Bonchev–Trinajstić information content (AvgIpc) is 3.21. The highest BCUT2D eigenvalue weighted by molar-refractivity contribution is 5.90. The molecule has 35 heavy (non-hydrogen) atoms. The highest BCUT2D eigenvalue weighted by Crippen LogP contribution is 2.42. The van der Waals surface area contributed by atoms with Gasteiger partial charge in [0.1, 0.15) is 12.6 Å². The number of carbonyl (C=O) groups is 1. The number of benzene rings is 1. The highest BCUT2D eigenvalue weighted by Gasteiger charge is 2.76. The largest absolute Gasteiger partial charge is 0.449 e. The van der Waals surface area contributed by atoms with E-state index in [2.05, 4.69) is 63.2 Å². The first-order valence-electron chi connectivity index (χ1n) is 11.7. The van der Waals surface area contributed by atoms with Gasteiger partial charge in [0.05, 0.1) is 12.2 Å². The van der Waals surface area contributed by atoms with E-state index in [9.17, 15) is 20.1 Å².